The predicted octanol–water partition coefficient (Wildman–Crippen LogP) is 5.23. The first-order valence-electron chi connectivity index (χ1n) is 7.60. The zero-order valence-electron chi connectivity index (χ0n) is 14.2. The monoisotopic (exact) mass is 277 g/mol. The molecule has 0 amide bonds. The van der Waals surface area contributed by atoms with Crippen molar-refractivity contribution in [2.24, 2.45) is 10.1 Å². The number of hydrazone groups is 1. The summed E-state index contributed by atoms with van der Waals surface area (Å²) in [7, 11) is 0. The number of amidine groups is 1. The highest BCUT2D eigenvalue weighted by atomic mass is 15.3. The van der Waals surface area contributed by atoms with Gasteiger partial charge in [-0.15, -0.1) is 0 Å². The third kappa shape index (κ3) is 7.72. The van der Waals surface area contributed by atoms with Gasteiger partial charge in [0.2, 0.25) is 0 Å². The fourth-order valence-electron chi connectivity index (χ4n) is 1.44. The minimum absolute atomic E-state index is 0.719. The summed E-state index contributed by atoms with van der Waals surface area (Å²) in [6.07, 6.45) is 8.37. The highest BCUT2D eigenvalue weighted by Gasteiger charge is 2.12. The number of allylic oxidation sites excluding steroid dienone is 4. The van der Waals surface area contributed by atoms with E-state index in [0.717, 1.165) is 35.7 Å². The summed E-state index contributed by atoms with van der Waals surface area (Å²) in [5, 5.41) is 4.28. The Morgan fingerprint density at radius 3 is 2.30 bits per heavy atom. The van der Waals surface area contributed by atoms with Crippen molar-refractivity contribution in [3.8, 4) is 0 Å². The normalized spacial score (nSPS) is 14.3. The van der Waals surface area contributed by atoms with Gasteiger partial charge < -0.3 is 0 Å². The largest absolute Gasteiger partial charge is 0.264 e. The van der Waals surface area contributed by atoms with E-state index in [9.17, 15) is 0 Å². The zero-order valence-corrected chi connectivity index (χ0v) is 14.2. The van der Waals surface area contributed by atoms with Gasteiger partial charge in [0.1, 0.15) is 11.5 Å². The fourth-order valence-corrected chi connectivity index (χ4v) is 1.44. The van der Waals surface area contributed by atoms with E-state index in [-0.39, 0.29) is 0 Å². The van der Waals surface area contributed by atoms with E-state index in [4.69, 9.17) is 0 Å². The number of rotatable bonds is 4. The van der Waals surface area contributed by atoms with Crippen molar-refractivity contribution in [3.05, 3.63) is 36.1 Å². The Morgan fingerprint density at radius 2 is 1.85 bits per heavy atom. The van der Waals surface area contributed by atoms with Gasteiger partial charge in [0.15, 0.2) is 0 Å². The molecule has 0 bridgehead atoms. The Labute approximate surface area is 125 Å². The first-order valence-corrected chi connectivity index (χ1v) is 7.60. The van der Waals surface area contributed by atoms with Gasteiger partial charge in [-0.3, -0.25) is 5.43 Å². The van der Waals surface area contributed by atoms with Crippen molar-refractivity contribution >= 4 is 11.5 Å². The second-order valence-corrected chi connectivity index (χ2v) is 3.66. The van der Waals surface area contributed by atoms with Gasteiger partial charge in [-0.2, -0.15) is 5.10 Å². The summed E-state index contributed by atoms with van der Waals surface area (Å²) in [5.74, 6) is 0.782. The van der Waals surface area contributed by atoms with Crippen LogP contribution in [0, 0.1) is 0 Å². The molecule has 1 heterocycles. The molecule has 0 aromatic carbocycles. The van der Waals surface area contributed by atoms with Gasteiger partial charge >= 0.3 is 0 Å². The molecule has 0 fully saturated rings. The standard InChI is InChI=1S/C13H19N3.2C2H6/c1-5-7-9-12(8-6-2)13-10(3)14-11(4)15-16-13;2*1-2/h6,8-9H,3,5,7H2,1-2,4H3,(H,14,15);2*1-2H3/b8-6-,12-9+;;. The molecule has 114 valence electrons. The molecule has 3 heteroatoms. The number of aliphatic imine (C=N–C) groups is 1. The molecular formula is C17H31N3. The van der Waals surface area contributed by atoms with Crippen molar-refractivity contribution in [2.75, 3.05) is 0 Å². The van der Waals surface area contributed by atoms with Crippen LogP contribution in [0.5, 0.6) is 0 Å². The molecule has 0 aromatic rings. The lowest BCUT2D eigenvalue weighted by molar-refractivity contribution is 0.951. The van der Waals surface area contributed by atoms with Gasteiger partial charge in [-0.05, 0) is 25.8 Å². The van der Waals surface area contributed by atoms with E-state index >= 15 is 0 Å². The maximum absolute atomic E-state index is 4.28. The number of hydrogen-bond acceptors (Lipinski definition) is 3. The second kappa shape index (κ2) is 13.8. The number of nitrogens with zero attached hydrogens (tertiary/aromatic N) is 2. The van der Waals surface area contributed by atoms with Crippen LogP contribution in [-0.4, -0.2) is 11.5 Å². The molecule has 0 saturated heterocycles. The lowest BCUT2D eigenvalue weighted by Crippen LogP contribution is -2.23. The van der Waals surface area contributed by atoms with Crippen LogP contribution in [0.2, 0.25) is 0 Å². The van der Waals surface area contributed by atoms with Crippen molar-refractivity contribution in [3.63, 3.8) is 0 Å². The third-order valence-corrected chi connectivity index (χ3v) is 2.18. The first-order chi connectivity index (χ1) is 9.69. The molecule has 0 aromatic heterocycles. The van der Waals surface area contributed by atoms with Gasteiger partial charge in [0.05, 0.1) is 5.70 Å². The molecule has 1 rings (SSSR count). The molecular weight excluding hydrogens is 246 g/mol. The first kappa shape index (κ1) is 20.7. The van der Waals surface area contributed by atoms with Gasteiger partial charge in [0.25, 0.3) is 0 Å². The number of hydrogen-bond donors (Lipinski definition) is 1. The number of nitrogens with one attached hydrogen (secondary N) is 1. The molecule has 1 aliphatic heterocycles. The summed E-state index contributed by atoms with van der Waals surface area (Å²) < 4.78 is 0. The summed E-state index contributed by atoms with van der Waals surface area (Å²) >= 11 is 0. The van der Waals surface area contributed by atoms with E-state index in [1.165, 1.54) is 0 Å². The molecule has 0 unspecified atom stereocenters. The van der Waals surface area contributed by atoms with E-state index in [2.05, 4.69) is 35.1 Å². The summed E-state index contributed by atoms with van der Waals surface area (Å²) in [5.41, 5.74) is 5.51. The Bertz CT molecular complexity index is 385. The Kier molecular flexibility index (Phi) is 14.2. The highest BCUT2D eigenvalue weighted by molar-refractivity contribution is 6.15. The van der Waals surface area contributed by atoms with Crippen LogP contribution in [0.1, 0.15) is 61.3 Å². The van der Waals surface area contributed by atoms with Crippen LogP contribution in [0.3, 0.4) is 0 Å². The predicted molar refractivity (Wildman–Crippen MR) is 93.3 cm³/mol. The average molecular weight is 277 g/mol. The second-order valence-electron chi connectivity index (χ2n) is 3.66. The highest BCUT2D eigenvalue weighted by Crippen LogP contribution is 2.13. The maximum Gasteiger partial charge on any atom is 0.119 e. The third-order valence-electron chi connectivity index (χ3n) is 2.18. The van der Waals surface area contributed by atoms with Crippen LogP contribution >= 0.6 is 0 Å². The van der Waals surface area contributed by atoms with Crippen molar-refractivity contribution < 1.29 is 0 Å². The molecule has 0 spiro atoms. The molecule has 0 atom stereocenters. The minimum Gasteiger partial charge on any atom is -0.264 e. The fraction of sp³-hybridized carbons (Fsp3) is 0.529. The summed E-state index contributed by atoms with van der Waals surface area (Å²) in [6, 6.07) is 0. The number of unbranched alkanes of at least 4 members (excludes halogenated alkanes) is 1. The smallest absolute Gasteiger partial charge is 0.119 e. The average Bonchev–Trinajstić information content (AvgIpc) is 2.48. The summed E-state index contributed by atoms with van der Waals surface area (Å²) in [6.45, 7) is 17.9. The van der Waals surface area contributed by atoms with Gasteiger partial charge in [-0.25, -0.2) is 4.99 Å². The molecule has 1 aliphatic rings. The van der Waals surface area contributed by atoms with Crippen LogP contribution < -0.4 is 5.43 Å². The van der Waals surface area contributed by atoms with E-state index in [1.807, 2.05) is 53.7 Å². The van der Waals surface area contributed by atoms with E-state index in [1.54, 1.807) is 0 Å². The molecule has 0 aliphatic carbocycles. The van der Waals surface area contributed by atoms with E-state index in [0.29, 0.717) is 0 Å². The molecule has 20 heavy (non-hydrogen) atoms. The lowest BCUT2D eigenvalue weighted by Gasteiger charge is -2.14. The lowest BCUT2D eigenvalue weighted by atomic mass is 10.1. The van der Waals surface area contributed by atoms with Crippen molar-refractivity contribution in [1.29, 1.82) is 0 Å². The van der Waals surface area contributed by atoms with E-state index < -0.39 is 0 Å². The Hall–Kier alpha value is -1.64. The zero-order chi connectivity index (χ0) is 16.0. The van der Waals surface area contributed by atoms with Crippen LogP contribution in [0.25, 0.3) is 0 Å². The van der Waals surface area contributed by atoms with Gasteiger partial charge in [-0.1, -0.05) is 65.8 Å². The molecule has 0 saturated carbocycles. The molecule has 1 N–H and O–H groups in total. The van der Waals surface area contributed by atoms with Crippen LogP contribution in [-0.2, 0) is 0 Å². The van der Waals surface area contributed by atoms with Crippen LogP contribution in [0.4, 0.5) is 0 Å². The van der Waals surface area contributed by atoms with Crippen LogP contribution in [0.15, 0.2) is 46.2 Å². The quantitative estimate of drug-likeness (QED) is 0.702. The van der Waals surface area contributed by atoms with Crippen molar-refractivity contribution in [1.82, 2.24) is 5.43 Å². The Balaban J connectivity index is 0. The van der Waals surface area contributed by atoms with Crippen molar-refractivity contribution in [2.45, 2.75) is 61.3 Å². The topological polar surface area (TPSA) is 36.8 Å². The SMILES string of the molecule is C=C1N=C(C)NN=C1C(/C=C\C)=C/CCC.CC.CC. The Morgan fingerprint density at radius 1 is 1.25 bits per heavy atom. The molecule has 0 radical (unpaired) electrons. The van der Waals surface area contributed by atoms with Gasteiger partial charge in [0, 0.05) is 0 Å². The maximum atomic E-state index is 4.28. The minimum atomic E-state index is 0.719. The summed E-state index contributed by atoms with van der Waals surface area (Å²) in [4.78, 5) is 4.28. The molecule has 3 nitrogen and oxygen atoms in total.